The average molecular weight is 231 g/mol. The maximum Gasteiger partial charge on any atom is 0.337 e. The van der Waals surface area contributed by atoms with Crippen molar-refractivity contribution in [1.82, 2.24) is 0 Å². The van der Waals surface area contributed by atoms with Gasteiger partial charge in [-0.25, -0.2) is 4.79 Å². The Morgan fingerprint density at radius 3 is 2.57 bits per heavy atom. The lowest BCUT2D eigenvalue weighted by Gasteiger charge is -2.17. The van der Waals surface area contributed by atoms with Crippen molar-refractivity contribution >= 4 is 30.2 Å². The number of halogens is 1. The molecule has 1 aromatic rings. The highest BCUT2D eigenvalue weighted by atomic mass is 35.5. The number of carbonyl (C=O) groups is 1. The van der Waals surface area contributed by atoms with E-state index in [-0.39, 0.29) is 0 Å². The van der Waals surface area contributed by atoms with Gasteiger partial charge in [0.2, 0.25) is 0 Å². The van der Waals surface area contributed by atoms with Gasteiger partial charge in [0.05, 0.1) is 7.11 Å². The molecule has 0 N–H and O–H groups in total. The lowest BCUT2D eigenvalue weighted by atomic mass is 10.1. The van der Waals surface area contributed by atoms with Crippen LogP contribution in [0.3, 0.4) is 0 Å². The molecule has 0 radical (unpaired) electrons. The van der Waals surface area contributed by atoms with Crippen LogP contribution in [0.15, 0.2) is 30.3 Å². The van der Waals surface area contributed by atoms with Crippen LogP contribution in [0, 0.1) is 0 Å². The number of methoxy groups -OCH3 is 1. The van der Waals surface area contributed by atoms with Gasteiger partial charge in [0.1, 0.15) is 0 Å². The summed E-state index contributed by atoms with van der Waals surface area (Å²) in [7, 11) is 1.29. The SMILES string of the molecule is COC(=O)C(S)(Cl)Cc1ccccc1. The number of rotatable bonds is 3. The molecule has 0 aliphatic heterocycles. The largest absolute Gasteiger partial charge is 0.467 e. The molecule has 0 fully saturated rings. The molecule has 0 aromatic heterocycles. The van der Waals surface area contributed by atoms with Gasteiger partial charge in [-0.2, -0.15) is 0 Å². The Bertz CT molecular complexity index is 311. The molecule has 0 heterocycles. The molecule has 0 spiro atoms. The number of carbonyl (C=O) groups excluding carboxylic acids is 1. The van der Waals surface area contributed by atoms with Gasteiger partial charge in [-0.05, 0) is 5.56 Å². The van der Waals surface area contributed by atoms with Gasteiger partial charge < -0.3 is 4.74 Å². The van der Waals surface area contributed by atoms with Crippen molar-refractivity contribution in [3.63, 3.8) is 0 Å². The summed E-state index contributed by atoms with van der Waals surface area (Å²) in [4.78, 5) is 11.2. The van der Waals surface area contributed by atoms with Gasteiger partial charge in [-0.1, -0.05) is 41.9 Å². The van der Waals surface area contributed by atoms with E-state index in [4.69, 9.17) is 11.6 Å². The molecule has 14 heavy (non-hydrogen) atoms. The number of alkyl halides is 1. The number of hydrogen-bond acceptors (Lipinski definition) is 3. The number of thiol groups is 1. The normalized spacial score (nSPS) is 14.5. The quantitative estimate of drug-likeness (QED) is 0.490. The monoisotopic (exact) mass is 230 g/mol. The molecule has 0 bridgehead atoms. The third-order valence-corrected chi connectivity index (χ3v) is 2.41. The number of esters is 1. The predicted molar refractivity (Wildman–Crippen MR) is 59.7 cm³/mol. The van der Waals surface area contributed by atoms with Crippen LogP contribution in [0.1, 0.15) is 5.56 Å². The van der Waals surface area contributed by atoms with Gasteiger partial charge in [-0.15, -0.1) is 12.6 Å². The van der Waals surface area contributed by atoms with Crippen molar-refractivity contribution in [2.24, 2.45) is 0 Å². The van der Waals surface area contributed by atoms with Crippen LogP contribution in [0.4, 0.5) is 0 Å². The molecule has 0 saturated carbocycles. The molecule has 0 saturated heterocycles. The summed E-state index contributed by atoms with van der Waals surface area (Å²) < 4.78 is 3.26. The summed E-state index contributed by atoms with van der Waals surface area (Å²) in [6, 6.07) is 9.43. The standard InChI is InChI=1S/C10H11ClO2S/c1-13-9(12)10(11,14)7-8-5-3-2-4-6-8/h2-6,14H,7H2,1H3. The van der Waals surface area contributed by atoms with Crippen LogP contribution >= 0.6 is 24.2 Å². The molecular weight excluding hydrogens is 220 g/mol. The van der Waals surface area contributed by atoms with Crippen molar-refractivity contribution < 1.29 is 9.53 Å². The summed E-state index contributed by atoms with van der Waals surface area (Å²) in [5, 5.41) is 0. The Labute approximate surface area is 93.6 Å². The highest BCUT2D eigenvalue weighted by Gasteiger charge is 2.33. The molecule has 0 aliphatic carbocycles. The summed E-state index contributed by atoms with van der Waals surface area (Å²) >= 11 is 9.97. The molecule has 76 valence electrons. The average Bonchev–Trinajstić information content (AvgIpc) is 2.17. The predicted octanol–water partition coefficient (Wildman–Crippen LogP) is 2.27. The minimum atomic E-state index is -1.28. The van der Waals surface area contributed by atoms with Crippen LogP contribution in [0.25, 0.3) is 0 Å². The van der Waals surface area contributed by atoms with E-state index >= 15 is 0 Å². The maximum absolute atomic E-state index is 11.2. The first kappa shape index (κ1) is 11.4. The summed E-state index contributed by atoms with van der Waals surface area (Å²) in [5.74, 6) is -0.536. The van der Waals surface area contributed by atoms with Gasteiger partial charge in [-0.3, -0.25) is 0 Å². The molecular formula is C10H11ClO2S. The highest BCUT2D eigenvalue weighted by Crippen LogP contribution is 2.26. The lowest BCUT2D eigenvalue weighted by molar-refractivity contribution is -0.141. The van der Waals surface area contributed by atoms with Crippen molar-refractivity contribution in [3.05, 3.63) is 35.9 Å². The lowest BCUT2D eigenvalue weighted by Crippen LogP contribution is -2.29. The zero-order valence-electron chi connectivity index (χ0n) is 7.74. The smallest absolute Gasteiger partial charge is 0.337 e. The highest BCUT2D eigenvalue weighted by molar-refractivity contribution is 7.84. The van der Waals surface area contributed by atoms with Gasteiger partial charge >= 0.3 is 5.97 Å². The molecule has 1 aromatic carbocycles. The summed E-state index contributed by atoms with van der Waals surface area (Å²) in [6.45, 7) is 0. The fraction of sp³-hybridized carbons (Fsp3) is 0.300. The minimum Gasteiger partial charge on any atom is -0.467 e. The van der Waals surface area contributed by atoms with Gasteiger partial charge in [0.15, 0.2) is 4.21 Å². The van der Waals surface area contributed by atoms with Crippen molar-refractivity contribution in [2.75, 3.05) is 7.11 Å². The Morgan fingerprint density at radius 2 is 2.07 bits per heavy atom. The second-order valence-corrected chi connectivity index (χ2v) is 4.59. The fourth-order valence-corrected chi connectivity index (χ4v) is 1.60. The molecule has 0 amide bonds. The Morgan fingerprint density at radius 1 is 1.50 bits per heavy atom. The second-order valence-electron chi connectivity index (χ2n) is 2.91. The van der Waals surface area contributed by atoms with Crippen LogP contribution in [0.2, 0.25) is 0 Å². The molecule has 1 rings (SSSR count). The Balaban J connectivity index is 2.73. The van der Waals surface area contributed by atoms with E-state index in [1.165, 1.54) is 7.11 Å². The van der Waals surface area contributed by atoms with E-state index in [9.17, 15) is 4.79 Å². The van der Waals surface area contributed by atoms with Crippen LogP contribution < -0.4 is 0 Å². The number of benzene rings is 1. The molecule has 2 nitrogen and oxygen atoms in total. The summed E-state index contributed by atoms with van der Waals surface area (Å²) in [5.41, 5.74) is 0.947. The van der Waals surface area contributed by atoms with E-state index < -0.39 is 10.2 Å². The van der Waals surface area contributed by atoms with Crippen molar-refractivity contribution in [1.29, 1.82) is 0 Å². The first-order chi connectivity index (χ1) is 6.56. The number of ether oxygens (including phenoxy) is 1. The van der Waals surface area contributed by atoms with Crippen LogP contribution in [-0.2, 0) is 16.0 Å². The zero-order valence-corrected chi connectivity index (χ0v) is 9.39. The van der Waals surface area contributed by atoms with E-state index in [1.54, 1.807) is 0 Å². The first-order valence-corrected chi connectivity index (χ1v) is 4.92. The zero-order chi connectivity index (χ0) is 10.6. The van der Waals surface area contributed by atoms with E-state index in [0.717, 1.165) is 5.56 Å². The molecule has 0 aliphatic rings. The summed E-state index contributed by atoms with van der Waals surface area (Å²) in [6.07, 6.45) is 0.338. The Kier molecular flexibility index (Phi) is 3.84. The number of hydrogen-bond donors (Lipinski definition) is 1. The minimum absolute atomic E-state index is 0.338. The third kappa shape index (κ3) is 2.93. The van der Waals surface area contributed by atoms with Crippen LogP contribution in [-0.4, -0.2) is 17.3 Å². The van der Waals surface area contributed by atoms with E-state index in [0.29, 0.717) is 6.42 Å². The van der Waals surface area contributed by atoms with Crippen LogP contribution in [0.5, 0.6) is 0 Å². The molecule has 1 atom stereocenters. The molecule has 4 heteroatoms. The Hall–Kier alpha value is -0.670. The van der Waals surface area contributed by atoms with Crippen molar-refractivity contribution in [3.8, 4) is 0 Å². The van der Waals surface area contributed by atoms with Gasteiger partial charge in [0, 0.05) is 6.42 Å². The molecule has 1 unspecified atom stereocenters. The second kappa shape index (κ2) is 4.71. The fourth-order valence-electron chi connectivity index (χ4n) is 1.09. The third-order valence-electron chi connectivity index (χ3n) is 1.78. The van der Waals surface area contributed by atoms with Gasteiger partial charge in [0.25, 0.3) is 0 Å². The van der Waals surface area contributed by atoms with E-state index in [1.807, 2.05) is 30.3 Å². The van der Waals surface area contributed by atoms with E-state index in [2.05, 4.69) is 17.4 Å². The van der Waals surface area contributed by atoms with Crippen molar-refractivity contribution in [2.45, 2.75) is 10.6 Å². The topological polar surface area (TPSA) is 26.3 Å². The maximum atomic E-state index is 11.2. The first-order valence-electron chi connectivity index (χ1n) is 4.10.